The fourth-order valence-corrected chi connectivity index (χ4v) is 3.02. The van der Waals surface area contributed by atoms with E-state index in [2.05, 4.69) is 86.8 Å². The van der Waals surface area contributed by atoms with Crippen LogP contribution in [-0.4, -0.2) is 10.2 Å². The van der Waals surface area contributed by atoms with E-state index in [1.54, 1.807) is 0 Å². The minimum absolute atomic E-state index is 0.949. The highest BCUT2D eigenvalue weighted by Crippen LogP contribution is 2.27. The van der Waals surface area contributed by atoms with Crippen molar-refractivity contribution in [2.75, 3.05) is 0 Å². The lowest BCUT2D eigenvalue weighted by molar-refractivity contribution is 1.10. The Labute approximate surface area is 136 Å². The van der Waals surface area contributed by atoms with Crippen LogP contribution in [0, 0.1) is 0 Å². The van der Waals surface area contributed by atoms with Gasteiger partial charge >= 0.3 is 0 Å². The van der Waals surface area contributed by atoms with Crippen LogP contribution >= 0.6 is 15.9 Å². The monoisotopic (exact) mass is 348 g/mol. The predicted molar refractivity (Wildman–Crippen MR) is 94.7 cm³/mol. The number of nitrogens with one attached hydrogen (secondary N) is 1. The van der Waals surface area contributed by atoms with Crippen molar-refractivity contribution in [2.24, 2.45) is 0 Å². The second-order valence-electron chi connectivity index (χ2n) is 5.24. The fraction of sp³-hybridized carbons (Fsp3) is 0. The Hall–Kier alpha value is -2.39. The number of aromatic nitrogens is 2. The van der Waals surface area contributed by atoms with Crippen LogP contribution in [-0.2, 0) is 0 Å². The molecule has 0 saturated heterocycles. The van der Waals surface area contributed by atoms with E-state index in [-0.39, 0.29) is 0 Å². The second-order valence-corrected chi connectivity index (χ2v) is 6.15. The molecule has 0 spiro atoms. The van der Waals surface area contributed by atoms with E-state index < -0.39 is 0 Å². The summed E-state index contributed by atoms with van der Waals surface area (Å²) in [4.78, 5) is 0. The first-order chi connectivity index (χ1) is 10.8. The highest BCUT2D eigenvalue weighted by atomic mass is 79.9. The van der Waals surface area contributed by atoms with Crippen LogP contribution in [0.25, 0.3) is 33.3 Å². The minimum atomic E-state index is 0.949. The van der Waals surface area contributed by atoms with Gasteiger partial charge in [0.2, 0.25) is 0 Å². The molecule has 0 aliphatic rings. The van der Waals surface area contributed by atoms with E-state index >= 15 is 0 Å². The topological polar surface area (TPSA) is 28.7 Å². The van der Waals surface area contributed by atoms with Crippen LogP contribution in [0.3, 0.4) is 0 Å². The molecule has 0 amide bonds. The molecule has 22 heavy (non-hydrogen) atoms. The van der Waals surface area contributed by atoms with E-state index in [0.717, 1.165) is 27.0 Å². The molecule has 0 atom stereocenters. The van der Waals surface area contributed by atoms with Gasteiger partial charge in [0.15, 0.2) is 0 Å². The second kappa shape index (κ2) is 5.43. The zero-order valence-corrected chi connectivity index (χ0v) is 13.3. The lowest BCUT2D eigenvalue weighted by Crippen LogP contribution is -1.79. The van der Waals surface area contributed by atoms with Crippen LogP contribution in [0.4, 0.5) is 0 Å². The van der Waals surface area contributed by atoms with Crippen molar-refractivity contribution in [2.45, 2.75) is 0 Å². The summed E-state index contributed by atoms with van der Waals surface area (Å²) in [5.74, 6) is 0. The van der Waals surface area contributed by atoms with Crippen LogP contribution in [0.2, 0.25) is 0 Å². The van der Waals surface area contributed by atoms with Gasteiger partial charge in [-0.25, -0.2) is 0 Å². The molecule has 4 aromatic rings. The molecule has 3 heteroatoms. The summed E-state index contributed by atoms with van der Waals surface area (Å²) in [5, 5.41) is 10.1. The highest BCUT2D eigenvalue weighted by molar-refractivity contribution is 9.10. The quantitative estimate of drug-likeness (QED) is 0.497. The Balaban J connectivity index is 1.76. The summed E-state index contributed by atoms with van der Waals surface area (Å²) in [5.41, 5.74) is 4.22. The molecule has 0 unspecified atom stereocenters. The first kappa shape index (κ1) is 13.3. The van der Waals surface area contributed by atoms with Crippen molar-refractivity contribution < 1.29 is 0 Å². The summed E-state index contributed by atoms with van der Waals surface area (Å²) in [6.07, 6.45) is 0. The number of halogens is 1. The van der Waals surface area contributed by atoms with Crippen LogP contribution in [0.5, 0.6) is 0 Å². The number of hydrogen-bond donors (Lipinski definition) is 1. The van der Waals surface area contributed by atoms with Crippen molar-refractivity contribution in [1.29, 1.82) is 0 Å². The Morgan fingerprint density at radius 1 is 0.727 bits per heavy atom. The largest absolute Gasteiger partial charge is 0.277 e. The molecule has 2 nitrogen and oxygen atoms in total. The van der Waals surface area contributed by atoms with Gasteiger partial charge in [-0.05, 0) is 35.0 Å². The third kappa shape index (κ3) is 2.44. The van der Waals surface area contributed by atoms with Gasteiger partial charge in [-0.3, -0.25) is 5.10 Å². The van der Waals surface area contributed by atoms with Gasteiger partial charge in [-0.2, -0.15) is 5.10 Å². The molecule has 1 N–H and O–H groups in total. The Bertz CT molecular complexity index is 956. The summed E-state index contributed by atoms with van der Waals surface area (Å²) in [6.45, 7) is 0. The Morgan fingerprint density at radius 2 is 1.59 bits per heavy atom. The van der Waals surface area contributed by atoms with Gasteiger partial charge in [0, 0.05) is 15.6 Å². The maximum Gasteiger partial charge on any atom is 0.0927 e. The fourth-order valence-electron chi connectivity index (χ4n) is 2.62. The van der Waals surface area contributed by atoms with Crippen molar-refractivity contribution >= 4 is 26.7 Å². The standard InChI is InChI=1S/C19H13BrN2/c20-17-7-3-6-15(11-17)18-12-19(22-21-18)16-9-8-13-4-1-2-5-14(13)10-16/h1-12H,(H,21,22). The van der Waals surface area contributed by atoms with Crippen LogP contribution < -0.4 is 0 Å². The first-order valence-corrected chi connectivity index (χ1v) is 7.89. The van der Waals surface area contributed by atoms with Gasteiger partial charge < -0.3 is 0 Å². The average Bonchev–Trinajstić information content (AvgIpc) is 3.04. The molecular formula is C19H13BrN2. The molecule has 0 radical (unpaired) electrons. The Morgan fingerprint density at radius 3 is 2.45 bits per heavy atom. The summed E-state index contributed by atoms with van der Waals surface area (Å²) in [6, 6.07) is 25.1. The molecular weight excluding hydrogens is 336 g/mol. The number of benzene rings is 3. The number of nitrogens with zero attached hydrogens (tertiary/aromatic N) is 1. The highest BCUT2D eigenvalue weighted by Gasteiger charge is 2.06. The number of rotatable bonds is 2. The third-order valence-corrected chi connectivity index (χ3v) is 4.25. The number of aromatic amines is 1. The number of H-pyrrole nitrogens is 1. The van der Waals surface area contributed by atoms with E-state index in [9.17, 15) is 0 Å². The van der Waals surface area contributed by atoms with Gasteiger partial charge in [-0.1, -0.05) is 64.5 Å². The Kier molecular flexibility index (Phi) is 3.28. The van der Waals surface area contributed by atoms with Gasteiger partial charge in [-0.15, -0.1) is 0 Å². The lowest BCUT2D eigenvalue weighted by atomic mass is 10.0. The van der Waals surface area contributed by atoms with E-state index in [1.807, 2.05) is 12.1 Å². The van der Waals surface area contributed by atoms with Crippen molar-refractivity contribution in [3.63, 3.8) is 0 Å². The van der Waals surface area contributed by atoms with E-state index in [4.69, 9.17) is 0 Å². The zero-order chi connectivity index (χ0) is 14.9. The molecule has 106 valence electrons. The maximum atomic E-state index is 4.44. The molecule has 1 heterocycles. The van der Waals surface area contributed by atoms with Crippen LogP contribution in [0.15, 0.2) is 77.3 Å². The summed E-state index contributed by atoms with van der Waals surface area (Å²) in [7, 11) is 0. The SMILES string of the molecule is Brc1cccc(-c2cc(-c3ccc4ccccc4c3)[nH]n2)c1. The molecule has 0 aliphatic heterocycles. The van der Waals surface area contributed by atoms with Gasteiger partial charge in [0.05, 0.1) is 11.4 Å². The minimum Gasteiger partial charge on any atom is -0.277 e. The van der Waals surface area contributed by atoms with Crippen molar-refractivity contribution in [1.82, 2.24) is 10.2 Å². The molecule has 0 aliphatic carbocycles. The predicted octanol–water partition coefficient (Wildman–Crippen LogP) is 5.66. The molecule has 3 aromatic carbocycles. The number of hydrogen-bond acceptors (Lipinski definition) is 1. The zero-order valence-electron chi connectivity index (χ0n) is 11.8. The third-order valence-electron chi connectivity index (χ3n) is 3.76. The summed E-state index contributed by atoms with van der Waals surface area (Å²) >= 11 is 3.50. The number of fused-ring (bicyclic) bond motifs is 1. The van der Waals surface area contributed by atoms with E-state index in [0.29, 0.717) is 0 Å². The first-order valence-electron chi connectivity index (χ1n) is 7.10. The van der Waals surface area contributed by atoms with Gasteiger partial charge in [0.25, 0.3) is 0 Å². The lowest BCUT2D eigenvalue weighted by Gasteiger charge is -2.01. The van der Waals surface area contributed by atoms with Crippen LogP contribution in [0.1, 0.15) is 0 Å². The molecule has 0 fully saturated rings. The maximum absolute atomic E-state index is 4.44. The molecule has 1 aromatic heterocycles. The molecule has 0 saturated carbocycles. The molecule has 4 rings (SSSR count). The smallest absolute Gasteiger partial charge is 0.0927 e. The molecule has 0 bridgehead atoms. The van der Waals surface area contributed by atoms with Gasteiger partial charge in [0.1, 0.15) is 0 Å². The van der Waals surface area contributed by atoms with Crippen molar-refractivity contribution in [3.8, 4) is 22.5 Å². The average molecular weight is 349 g/mol. The van der Waals surface area contributed by atoms with Crippen molar-refractivity contribution in [3.05, 3.63) is 77.3 Å². The summed E-state index contributed by atoms with van der Waals surface area (Å²) < 4.78 is 1.06. The normalized spacial score (nSPS) is 11.0. The van der Waals surface area contributed by atoms with E-state index in [1.165, 1.54) is 10.8 Å².